The summed E-state index contributed by atoms with van der Waals surface area (Å²) in [6, 6.07) is 14.2. The van der Waals surface area contributed by atoms with Crippen LogP contribution in [0.2, 0.25) is 5.02 Å². The molecule has 134 valence electrons. The number of aryl methyl sites for hydroxylation is 3. The van der Waals surface area contributed by atoms with Crippen LogP contribution in [0, 0.1) is 6.92 Å². The van der Waals surface area contributed by atoms with Gasteiger partial charge in [-0.1, -0.05) is 29.8 Å². The lowest BCUT2D eigenvalue weighted by Gasteiger charge is -2.10. The van der Waals surface area contributed by atoms with Gasteiger partial charge in [-0.15, -0.1) is 0 Å². The largest absolute Gasteiger partial charge is 0.497 e. The third kappa shape index (κ3) is 3.17. The highest BCUT2D eigenvalue weighted by Crippen LogP contribution is 2.31. The first-order valence-corrected chi connectivity index (χ1v) is 9.27. The summed E-state index contributed by atoms with van der Waals surface area (Å²) in [5, 5.41) is 9.14. The molecule has 0 aliphatic carbocycles. The zero-order chi connectivity index (χ0) is 18.1. The van der Waals surface area contributed by atoms with Gasteiger partial charge in [0.05, 0.1) is 18.5 Å². The molecule has 0 amide bonds. The minimum absolute atomic E-state index is 0.729. The van der Waals surface area contributed by atoms with E-state index in [1.54, 1.807) is 7.11 Å². The first-order chi connectivity index (χ1) is 12.7. The fraction of sp³-hybridized carbons (Fsp3) is 0.286. The Kier molecular flexibility index (Phi) is 4.60. The van der Waals surface area contributed by atoms with Gasteiger partial charge in [-0.3, -0.25) is 0 Å². The van der Waals surface area contributed by atoms with E-state index in [-0.39, 0.29) is 0 Å². The van der Waals surface area contributed by atoms with Crippen LogP contribution >= 0.6 is 11.6 Å². The molecule has 0 atom stereocenters. The molecule has 3 aromatic rings. The van der Waals surface area contributed by atoms with Crippen molar-refractivity contribution in [3.05, 3.63) is 69.9 Å². The van der Waals surface area contributed by atoms with Crippen LogP contribution in [0.4, 0.5) is 5.82 Å². The van der Waals surface area contributed by atoms with Crippen LogP contribution in [-0.4, -0.2) is 23.4 Å². The first-order valence-electron chi connectivity index (χ1n) is 8.90. The van der Waals surface area contributed by atoms with Crippen LogP contribution < -0.4 is 10.1 Å². The molecule has 0 spiro atoms. The Morgan fingerprint density at radius 2 is 1.96 bits per heavy atom. The highest BCUT2D eigenvalue weighted by atomic mass is 35.5. The topological polar surface area (TPSA) is 39.1 Å². The zero-order valence-electron chi connectivity index (χ0n) is 15.1. The van der Waals surface area contributed by atoms with Crippen molar-refractivity contribution in [2.75, 3.05) is 19.0 Å². The zero-order valence-corrected chi connectivity index (χ0v) is 15.8. The normalized spacial score (nSPS) is 12.7. The van der Waals surface area contributed by atoms with E-state index in [0.717, 1.165) is 53.6 Å². The van der Waals surface area contributed by atoms with E-state index in [1.807, 2.05) is 35.0 Å². The SMILES string of the molecule is COc1ccc(CCc2nn(-c3cc(Cl)ccc3C)c3c2CCN3)cc1. The second kappa shape index (κ2) is 7.04. The summed E-state index contributed by atoms with van der Waals surface area (Å²) in [4.78, 5) is 0. The van der Waals surface area contributed by atoms with Gasteiger partial charge in [0.25, 0.3) is 0 Å². The average Bonchev–Trinajstić information content (AvgIpc) is 3.26. The predicted octanol–water partition coefficient (Wildman–Crippen LogP) is 4.60. The highest BCUT2D eigenvalue weighted by Gasteiger charge is 2.23. The van der Waals surface area contributed by atoms with E-state index < -0.39 is 0 Å². The quantitative estimate of drug-likeness (QED) is 0.716. The summed E-state index contributed by atoms with van der Waals surface area (Å²) in [5.41, 5.74) is 5.99. The molecule has 5 heteroatoms. The van der Waals surface area contributed by atoms with Crippen LogP contribution in [0.25, 0.3) is 5.69 Å². The molecular weight excluding hydrogens is 346 g/mol. The molecule has 2 aromatic carbocycles. The number of nitrogens with one attached hydrogen (secondary N) is 1. The van der Waals surface area contributed by atoms with Crippen molar-refractivity contribution in [2.45, 2.75) is 26.2 Å². The van der Waals surface area contributed by atoms with Crippen molar-refractivity contribution in [1.29, 1.82) is 0 Å². The maximum Gasteiger partial charge on any atom is 0.133 e. The Bertz CT molecular complexity index is 931. The summed E-state index contributed by atoms with van der Waals surface area (Å²) >= 11 is 6.22. The standard InChI is InChI=1S/C21H22ClN3O/c1-14-3-7-16(22)13-20(14)25-21-18(11-12-23-21)19(24-25)10-6-15-4-8-17(26-2)9-5-15/h3-5,7-9,13,23H,6,10-12H2,1-2H3. The first kappa shape index (κ1) is 17.0. The molecule has 26 heavy (non-hydrogen) atoms. The smallest absolute Gasteiger partial charge is 0.133 e. The lowest BCUT2D eigenvalue weighted by molar-refractivity contribution is 0.414. The Labute approximate surface area is 158 Å². The Hall–Kier alpha value is -2.46. The van der Waals surface area contributed by atoms with Crippen molar-refractivity contribution in [3.8, 4) is 11.4 Å². The number of methoxy groups -OCH3 is 1. The summed E-state index contributed by atoms with van der Waals surface area (Å²) in [6.45, 7) is 3.05. The minimum Gasteiger partial charge on any atom is -0.497 e. The third-order valence-electron chi connectivity index (χ3n) is 4.94. The lowest BCUT2D eigenvalue weighted by Crippen LogP contribution is -2.06. The molecule has 0 radical (unpaired) electrons. The molecule has 0 bridgehead atoms. The fourth-order valence-electron chi connectivity index (χ4n) is 3.49. The molecule has 0 fully saturated rings. The fourth-order valence-corrected chi connectivity index (χ4v) is 3.65. The molecule has 4 rings (SSSR count). The number of nitrogens with zero attached hydrogens (tertiary/aromatic N) is 2. The lowest BCUT2D eigenvalue weighted by atomic mass is 10.1. The van der Waals surface area contributed by atoms with Gasteiger partial charge < -0.3 is 10.1 Å². The van der Waals surface area contributed by atoms with Gasteiger partial charge in [0, 0.05) is 17.1 Å². The molecule has 0 saturated carbocycles. The molecule has 1 N–H and O–H groups in total. The molecule has 1 aromatic heterocycles. The van der Waals surface area contributed by atoms with Crippen molar-refractivity contribution in [3.63, 3.8) is 0 Å². The third-order valence-corrected chi connectivity index (χ3v) is 5.18. The molecule has 0 saturated heterocycles. The number of ether oxygens (including phenoxy) is 1. The second-order valence-corrected chi connectivity index (χ2v) is 7.08. The minimum atomic E-state index is 0.729. The summed E-state index contributed by atoms with van der Waals surface area (Å²) in [7, 11) is 1.69. The number of rotatable bonds is 5. The van der Waals surface area contributed by atoms with Crippen LogP contribution in [-0.2, 0) is 19.3 Å². The summed E-state index contributed by atoms with van der Waals surface area (Å²) < 4.78 is 7.25. The van der Waals surface area contributed by atoms with Crippen molar-refractivity contribution in [2.24, 2.45) is 0 Å². The van der Waals surface area contributed by atoms with Gasteiger partial charge in [0.2, 0.25) is 0 Å². The van der Waals surface area contributed by atoms with E-state index in [0.29, 0.717) is 0 Å². The number of halogens is 1. The van der Waals surface area contributed by atoms with Crippen LogP contribution in [0.15, 0.2) is 42.5 Å². The van der Waals surface area contributed by atoms with E-state index in [4.69, 9.17) is 21.4 Å². The molecule has 1 aliphatic rings. The van der Waals surface area contributed by atoms with Gasteiger partial charge >= 0.3 is 0 Å². The number of benzene rings is 2. The number of hydrogen-bond donors (Lipinski definition) is 1. The van der Waals surface area contributed by atoms with Crippen LogP contribution in [0.5, 0.6) is 5.75 Å². The Morgan fingerprint density at radius 3 is 2.73 bits per heavy atom. The monoisotopic (exact) mass is 367 g/mol. The number of aromatic nitrogens is 2. The number of hydrogen-bond acceptors (Lipinski definition) is 3. The van der Waals surface area contributed by atoms with E-state index in [9.17, 15) is 0 Å². The molecule has 2 heterocycles. The molecule has 1 aliphatic heterocycles. The Balaban J connectivity index is 1.62. The van der Waals surface area contributed by atoms with E-state index in [1.165, 1.54) is 16.8 Å². The molecular formula is C21H22ClN3O. The van der Waals surface area contributed by atoms with Crippen molar-refractivity contribution >= 4 is 17.4 Å². The second-order valence-electron chi connectivity index (χ2n) is 6.64. The summed E-state index contributed by atoms with van der Waals surface area (Å²) in [5.74, 6) is 2.00. The van der Waals surface area contributed by atoms with E-state index in [2.05, 4.69) is 24.4 Å². The van der Waals surface area contributed by atoms with Crippen LogP contribution in [0.3, 0.4) is 0 Å². The van der Waals surface area contributed by atoms with Crippen molar-refractivity contribution in [1.82, 2.24) is 9.78 Å². The predicted molar refractivity (Wildman–Crippen MR) is 106 cm³/mol. The highest BCUT2D eigenvalue weighted by molar-refractivity contribution is 6.30. The molecule has 4 nitrogen and oxygen atoms in total. The maximum absolute atomic E-state index is 6.22. The van der Waals surface area contributed by atoms with Gasteiger partial charge in [0.15, 0.2) is 0 Å². The van der Waals surface area contributed by atoms with Gasteiger partial charge in [-0.05, 0) is 61.6 Å². The van der Waals surface area contributed by atoms with Gasteiger partial charge in [0.1, 0.15) is 11.6 Å². The van der Waals surface area contributed by atoms with Gasteiger partial charge in [-0.2, -0.15) is 5.10 Å². The number of anilines is 1. The maximum atomic E-state index is 6.22. The van der Waals surface area contributed by atoms with Crippen molar-refractivity contribution < 1.29 is 4.74 Å². The Morgan fingerprint density at radius 1 is 1.15 bits per heavy atom. The summed E-state index contributed by atoms with van der Waals surface area (Å²) in [6.07, 6.45) is 2.90. The van der Waals surface area contributed by atoms with Crippen LogP contribution in [0.1, 0.15) is 22.4 Å². The molecule has 0 unspecified atom stereocenters. The number of fused-ring (bicyclic) bond motifs is 1. The van der Waals surface area contributed by atoms with E-state index >= 15 is 0 Å². The average molecular weight is 368 g/mol. The van der Waals surface area contributed by atoms with Gasteiger partial charge in [-0.25, -0.2) is 4.68 Å².